The average molecular weight is 324 g/mol. The molecule has 0 atom stereocenters. The zero-order chi connectivity index (χ0) is 16.1. The predicted octanol–water partition coefficient (Wildman–Crippen LogP) is 3.98. The number of rotatable bonds is 4. The van der Waals surface area contributed by atoms with Crippen molar-refractivity contribution in [1.82, 2.24) is 5.32 Å². The predicted molar refractivity (Wildman–Crippen MR) is 94.9 cm³/mol. The number of carbonyl (C=O) groups is 1. The van der Waals surface area contributed by atoms with Gasteiger partial charge in [0.25, 0.3) is 5.91 Å². The Bertz CT molecular complexity index is 752. The van der Waals surface area contributed by atoms with Crippen molar-refractivity contribution in [3.8, 4) is 5.75 Å². The molecule has 4 nitrogen and oxygen atoms in total. The minimum atomic E-state index is -0.122. The summed E-state index contributed by atoms with van der Waals surface area (Å²) in [6.07, 6.45) is 1.86. The van der Waals surface area contributed by atoms with Crippen LogP contribution in [0.4, 0.5) is 5.69 Å². The molecular weight excluding hydrogens is 308 g/mol. The molecule has 0 spiro atoms. The molecule has 1 aliphatic rings. The van der Waals surface area contributed by atoms with E-state index in [0.29, 0.717) is 16.7 Å². The summed E-state index contributed by atoms with van der Waals surface area (Å²) in [6.45, 7) is 2.58. The molecule has 2 aromatic carbocycles. The van der Waals surface area contributed by atoms with Gasteiger partial charge in [-0.1, -0.05) is 30.3 Å². The molecule has 0 unspecified atom stereocenters. The Morgan fingerprint density at radius 3 is 2.57 bits per heavy atom. The Kier molecular flexibility index (Phi) is 4.78. The van der Waals surface area contributed by atoms with Gasteiger partial charge in [-0.15, -0.1) is 0 Å². The highest BCUT2D eigenvalue weighted by Gasteiger charge is 2.23. The fourth-order valence-electron chi connectivity index (χ4n) is 2.08. The molecule has 1 saturated heterocycles. The third kappa shape index (κ3) is 4.02. The summed E-state index contributed by atoms with van der Waals surface area (Å²) in [5, 5.41) is 3.37. The highest BCUT2D eigenvalue weighted by Crippen LogP contribution is 2.28. The van der Waals surface area contributed by atoms with E-state index in [4.69, 9.17) is 4.74 Å². The molecule has 5 heteroatoms. The van der Waals surface area contributed by atoms with Gasteiger partial charge in [-0.25, -0.2) is 4.99 Å². The lowest BCUT2D eigenvalue weighted by molar-refractivity contribution is -0.115. The molecule has 116 valence electrons. The van der Waals surface area contributed by atoms with Gasteiger partial charge in [0.05, 0.1) is 17.2 Å². The molecule has 1 fully saturated rings. The van der Waals surface area contributed by atoms with Gasteiger partial charge in [0.15, 0.2) is 5.17 Å². The quantitative estimate of drug-likeness (QED) is 0.866. The molecule has 0 aromatic heterocycles. The summed E-state index contributed by atoms with van der Waals surface area (Å²) in [7, 11) is 0. The van der Waals surface area contributed by atoms with Gasteiger partial charge in [-0.2, -0.15) is 0 Å². The molecule has 0 aliphatic carbocycles. The van der Waals surface area contributed by atoms with Crippen LogP contribution in [0.3, 0.4) is 0 Å². The van der Waals surface area contributed by atoms with Crippen LogP contribution in [0, 0.1) is 0 Å². The molecule has 1 amide bonds. The summed E-state index contributed by atoms with van der Waals surface area (Å²) in [6, 6.07) is 17.2. The van der Waals surface area contributed by atoms with E-state index < -0.39 is 0 Å². The number of hydrogen-bond donors (Lipinski definition) is 1. The van der Waals surface area contributed by atoms with Crippen molar-refractivity contribution in [2.24, 2.45) is 4.99 Å². The minimum absolute atomic E-state index is 0.122. The number of nitrogens with one attached hydrogen (secondary N) is 1. The maximum Gasteiger partial charge on any atom is 0.264 e. The summed E-state index contributed by atoms with van der Waals surface area (Å²) in [4.78, 5) is 17.1. The number of thioether (sulfide) groups is 1. The Morgan fingerprint density at radius 2 is 1.87 bits per heavy atom. The average Bonchev–Trinajstić information content (AvgIpc) is 2.90. The number of aliphatic imine (C=N–C) groups is 1. The van der Waals surface area contributed by atoms with Gasteiger partial charge in [0.1, 0.15) is 5.75 Å². The van der Waals surface area contributed by atoms with Gasteiger partial charge >= 0.3 is 0 Å². The lowest BCUT2D eigenvalue weighted by Crippen LogP contribution is -2.19. The van der Waals surface area contributed by atoms with Crippen molar-refractivity contribution >= 4 is 34.6 Å². The highest BCUT2D eigenvalue weighted by atomic mass is 32.2. The number of amidine groups is 1. The number of nitrogens with zero attached hydrogens (tertiary/aromatic N) is 1. The van der Waals surface area contributed by atoms with Gasteiger partial charge in [0, 0.05) is 0 Å². The standard InChI is InChI=1S/C18H16N2O2S/c1-2-22-15-10-8-14(9-11-15)19-18-20-17(21)16(23-18)12-13-6-4-3-5-7-13/h3-12H,2H2,1H3,(H,19,20,21). The third-order valence-corrected chi connectivity index (χ3v) is 4.04. The van der Waals surface area contributed by atoms with Crippen molar-refractivity contribution in [2.45, 2.75) is 6.92 Å². The van der Waals surface area contributed by atoms with E-state index in [1.165, 1.54) is 11.8 Å². The highest BCUT2D eigenvalue weighted by molar-refractivity contribution is 8.18. The summed E-state index contributed by atoms with van der Waals surface area (Å²) in [5.41, 5.74) is 1.77. The van der Waals surface area contributed by atoms with E-state index in [2.05, 4.69) is 10.3 Å². The second-order valence-corrected chi connectivity index (χ2v) is 5.85. The van der Waals surface area contributed by atoms with E-state index in [1.807, 2.05) is 67.6 Å². The Labute approximate surface area is 139 Å². The number of ether oxygens (including phenoxy) is 1. The van der Waals surface area contributed by atoms with Crippen molar-refractivity contribution in [2.75, 3.05) is 6.61 Å². The fourth-order valence-corrected chi connectivity index (χ4v) is 2.92. The largest absolute Gasteiger partial charge is 0.494 e. The number of amides is 1. The molecule has 0 saturated carbocycles. The molecule has 3 rings (SSSR count). The van der Waals surface area contributed by atoms with Crippen LogP contribution in [0.1, 0.15) is 12.5 Å². The van der Waals surface area contributed by atoms with Gasteiger partial charge in [-0.3, -0.25) is 4.79 Å². The van der Waals surface area contributed by atoms with Gasteiger partial charge < -0.3 is 10.1 Å². The zero-order valence-electron chi connectivity index (χ0n) is 12.7. The first kappa shape index (κ1) is 15.4. The monoisotopic (exact) mass is 324 g/mol. The van der Waals surface area contributed by atoms with Crippen molar-refractivity contribution in [3.05, 3.63) is 65.1 Å². The second-order valence-electron chi connectivity index (χ2n) is 4.82. The topological polar surface area (TPSA) is 50.7 Å². The van der Waals surface area contributed by atoms with Crippen molar-refractivity contribution in [3.63, 3.8) is 0 Å². The molecule has 2 aromatic rings. The summed E-state index contributed by atoms with van der Waals surface area (Å²) >= 11 is 1.34. The Balaban J connectivity index is 1.75. The third-order valence-electron chi connectivity index (χ3n) is 3.13. The first-order valence-electron chi connectivity index (χ1n) is 7.32. The molecule has 1 aliphatic heterocycles. The second kappa shape index (κ2) is 7.15. The number of carbonyl (C=O) groups excluding carboxylic acids is 1. The fraction of sp³-hybridized carbons (Fsp3) is 0.111. The molecule has 1 heterocycles. The van der Waals surface area contributed by atoms with Gasteiger partial charge in [-0.05, 0) is 54.6 Å². The number of benzene rings is 2. The van der Waals surface area contributed by atoms with Crippen LogP contribution in [0.15, 0.2) is 64.5 Å². The first-order valence-corrected chi connectivity index (χ1v) is 8.14. The van der Waals surface area contributed by atoms with Crippen LogP contribution < -0.4 is 10.1 Å². The molecule has 0 bridgehead atoms. The first-order chi connectivity index (χ1) is 11.2. The van der Waals surface area contributed by atoms with Crippen molar-refractivity contribution < 1.29 is 9.53 Å². The normalized spacial score (nSPS) is 17.5. The Hall–Kier alpha value is -2.53. The maximum atomic E-state index is 12.0. The lowest BCUT2D eigenvalue weighted by Gasteiger charge is -2.02. The number of hydrogen-bond acceptors (Lipinski definition) is 4. The molecule has 1 N–H and O–H groups in total. The molecule has 23 heavy (non-hydrogen) atoms. The van der Waals surface area contributed by atoms with Crippen LogP contribution >= 0.6 is 11.8 Å². The van der Waals surface area contributed by atoms with Crippen LogP contribution in [0.5, 0.6) is 5.75 Å². The van der Waals surface area contributed by atoms with Gasteiger partial charge in [0.2, 0.25) is 0 Å². The smallest absolute Gasteiger partial charge is 0.264 e. The SMILES string of the molecule is CCOc1ccc(N=C2NC(=O)C(=Cc3ccccc3)S2)cc1. The maximum absolute atomic E-state index is 12.0. The lowest BCUT2D eigenvalue weighted by atomic mass is 10.2. The van der Waals surface area contributed by atoms with Crippen LogP contribution in [0.25, 0.3) is 6.08 Å². The van der Waals surface area contributed by atoms with E-state index in [-0.39, 0.29) is 5.91 Å². The van der Waals surface area contributed by atoms with Crippen LogP contribution in [0.2, 0.25) is 0 Å². The zero-order valence-corrected chi connectivity index (χ0v) is 13.5. The molecular formula is C18H16N2O2S. The van der Waals surface area contributed by atoms with E-state index in [0.717, 1.165) is 17.0 Å². The van der Waals surface area contributed by atoms with Crippen molar-refractivity contribution in [1.29, 1.82) is 0 Å². The van der Waals surface area contributed by atoms with E-state index in [1.54, 1.807) is 0 Å². The summed E-state index contributed by atoms with van der Waals surface area (Å²) < 4.78 is 5.40. The summed E-state index contributed by atoms with van der Waals surface area (Å²) in [5.74, 6) is 0.688. The van der Waals surface area contributed by atoms with E-state index >= 15 is 0 Å². The van der Waals surface area contributed by atoms with Crippen LogP contribution in [-0.2, 0) is 4.79 Å². The minimum Gasteiger partial charge on any atom is -0.494 e. The van der Waals surface area contributed by atoms with Crippen LogP contribution in [-0.4, -0.2) is 17.7 Å². The molecule has 0 radical (unpaired) electrons. The van der Waals surface area contributed by atoms with E-state index in [9.17, 15) is 4.79 Å². The Morgan fingerprint density at radius 1 is 1.13 bits per heavy atom.